The second-order valence-corrected chi connectivity index (χ2v) is 7.90. The van der Waals surface area contributed by atoms with E-state index in [0.717, 1.165) is 5.75 Å². The van der Waals surface area contributed by atoms with Crippen molar-refractivity contribution < 1.29 is 9.47 Å². The lowest BCUT2D eigenvalue weighted by atomic mass is 9.90. The molecule has 1 rings (SSSR count). The average Bonchev–Trinajstić information content (AvgIpc) is 2.52. The molecule has 0 saturated heterocycles. The van der Waals surface area contributed by atoms with Gasteiger partial charge in [-0.25, -0.2) is 0 Å². The minimum atomic E-state index is 0.315. The minimum absolute atomic E-state index is 0.315. The quantitative estimate of drug-likeness (QED) is 0.173. The molecule has 0 radical (unpaired) electrons. The van der Waals surface area contributed by atoms with E-state index >= 15 is 0 Å². The minimum Gasteiger partial charge on any atom is -0.467 e. The maximum atomic E-state index is 5.93. The van der Waals surface area contributed by atoms with Crippen LogP contribution in [0.5, 0.6) is 5.75 Å². The van der Waals surface area contributed by atoms with Crippen molar-refractivity contribution in [3.63, 3.8) is 0 Å². The van der Waals surface area contributed by atoms with Gasteiger partial charge in [-0.15, -0.1) is 0 Å². The van der Waals surface area contributed by atoms with E-state index in [1.807, 2.05) is 0 Å². The van der Waals surface area contributed by atoms with E-state index in [9.17, 15) is 0 Å². The summed E-state index contributed by atoms with van der Waals surface area (Å²) in [7, 11) is 1.67. The van der Waals surface area contributed by atoms with Crippen molar-refractivity contribution in [2.24, 2.45) is 0 Å². The first-order valence-corrected chi connectivity index (χ1v) is 10.4. The van der Waals surface area contributed by atoms with Crippen LogP contribution >= 0.6 is 22.6 Å². The average molecular weight is 432 g/mol. The second-order valence-electron chi connectivity index (χ2n) is 6.82. The Morgan fingerprint density at radius 3 is 1.96 bits per heavy atom. The predicted molar refractivity (Wildman–Crippen MR) is 108 cm³/mol. The molecule has 0 fully saturated rings. The molecule has 0 bridgehead atoms. The molecule has 1 aromatic rings. The fraction of sp³-hybridized carbons (Fsp3) is 0.700. The fourth-order valence-electron chi connectivity index (χ4n) is 2.80. The standard InChI is InChI=1S/C20H33IO2/c1-15(2)18-12-17(10-8-6-7-9-11-21)13-19(16(3)4)20(18)23-14-22-5/h12-13,15-16H,6-11,14H2,1-5H3. The van der Waals surface area contributed by atoms with Crippen LogP contribution in [-0.2, 0) is 11.2 Å². The number of aryl methyl sites for hydroxylation is 1. The molecule has 0 aliphatic heterocycles. The summed E-state index contributed by atoms with van der Waals surface area (Å²) in [5.74, 6) is 1.95. The van der Waals surface area contributed by atoms with Crippen LogP contribution in [0.25, 0.3) is 0 Å². The molecule has 0 atom stereocenters. The molecule has 0 aliphatic carbocycles. The predicted octanol–water partition coefficient (Wildman–Crippen LogP) is 6.45. The molecule has 1 aromatic carbocycles. The van der Waals surface area contributed by atoms with Crippen LogP contribution in [0, 0.1) is 0 Å². The summed E-state index contributed by atoms with van der Waals surface area (Å²) in [5, 5.41) is 0. The van der Waals surface area contributed by atoms with Gasteiger partial charge in [-0.3, -0.25) is 0 Å². The van der Waals surface area contributed by atoms with Gasteiger partial charge in [0, 0.05) is 7.11 Å². The third-order valence-electron chi connectivity index (χ3n) is 4.12. The SMILES string of the molecule is COCOc1c(C(C)C)cc(CCCCCCI)cc1C(C)C. The number of ether oxygens (including phenoxy) is 2. The highest BCUT2D eigenvalue weighted by Crippen LogP contribution is 2.36. The number of alkyl halides is 1. The Morgan fingerprint density at radius 1 is 0.913 bits per heavy atom. The molecule has 0 amide bonds. The molecule has 132 valence electrons. The van der Waals surface area contributed by atoms with E-state index in [0.29, 0.717) is 18.6 Å². The van der Waals surface area contributed by atoms with Gasteiger partial charge in [0.15, 0.2) is 6.79 Å². The topological polar surface area (TPSA) is 18.5 Å². The van der Waals surface area contributed by atoms with Crippen LogP contribution in [-0.4, -0.2) is 18.3 Å². The monoisotopic (exact) mass is 432 g/mol. The first kappa shape index (κ1) is 20.8. The summed E-state index contributed by atoms with van der Waals surface area (Å²) in [6.07, 6.45) is 6.49. The van der Waals surface area contributed by atoms with Crippen molar-refractivity contribution in [1.82, 2.24) is 0 Å². The Bertz CT molecular complexity index is 426. The van der Waals surface area contributed by atoms with Crippen molar-refractivity contribution in [2.75, 3.05) is 18.3 Å². The molecule has 0 saturated carbocycles. The molecule has 0 spiro atoms. The highest BCUT2D eigenvalue weighted by molar-refractivity contribution is 14.1. The van der Waals surface area contributed by atoms with Gasteiger partial charge in [-0.05, 0) is 52.2 Å². The lowest BCUT2D eigenvalue weighted by Crippen LogP contribution is -2.08. The van der Waals surface area contributed by atoms with Crippen molar-refractivity contribution in [3.05, 3.63) is 28.8 Å². The van der Waals surface area contributed by atoms with Crippen LogP contribution in [0.4, 0.5) is 0 Å². The molecule has 0 unspecified atom stereocenters. The molecule has 0 aliphatic rings. The van der Waals surface area contributed by atoms with Crippen molar-refractivity contribution in [1.29, 1.82) is 0 Å². The van der Waals surface area contributed by atoms with Gasteiger partial charge in [-0.1, -0.05) is 75.3 Å². The second kappa shape index (κ2) is 11.3. The largest absolute Gasteiger partial charge is 0.467 e. The van der Waals surface area contributed by atoms with Crippen LogP contribution in [0.1, 0.15) is 81.9 Å². The molecule has 3 heteroatoms. The van der Waals surface area contributed by atoms with Crippen molar-refractivity contribution in [3.8, 4) is 5.75 Å². The van der Waals surface area contributed by atoms with Crippen molar-refractivity contribution >= 4 is 22.6 Å². The van der Waals surface area contributed by atoms with Gasteiger partial charge in [0.2, 0.25) is 0 Å². The number of hydrogen-bond acceptors (Lipinski definition) is 2. The van der Waals surface area contributed by atoms with Crippen LogP contribution < -0.4 is 4.74 Å². The lowest BCUT2D eigenvalue weighted by Gasteiger charge is -2.21. The normalized spacial score (nSPS) is 11.5. The third-order valence-corrected chi connectivity index (χ3v) is 4.88. The maximum Gasteiger partial charge on any atom is 0.188 e. The number of benzene rings is 1. The highest BCUT2D eigenvalue weighted by Gasteiger charge is 2.17. The van der Waals surface area contributed by atoms with E-state index in [2.05, 4.69) is 62.4 Å². The zero-order valence-corrected chi connectivity index (χ0v) is 17.6. The van der Waals surface area contributed by atoms with E-state index in [1.54, 1.807) is 7.11 Å². The fourth-order valence-corrected chi connectivity index (χ4v) is 3.34. The van der Waals surface area contributed by atoms with Crippen LogP contribution in [0.3, 0.4) is 0 Å². The van der Waals surface area contributed by atoms with E-state index in [1.165, 1.54) is 53.2 Å². The highest BCUT2D eigenvalue weighted by atomic mass is 127. The zero-order chi connectivity index (χ0) is 17.2. The number of unbranched alkanes of at least 4 members (excludes halogenated alkanes) is 3. The van der Waals surface area contributed by atoms with Gasteiger partial charge in [0.05, 0.1) is 0 Å². The lowest BCUT2D eigenvalue weighted by molar-refractivity contribution is 0.0494. The van der Waals surface area contributed by atoms with Gasteiger partial charge in [0.25, 0.3) is 0 Å². The molecular weight excluding hydrogens is 399 g/mol. The van der Waals surface area contributed by atoms with Gasteiger partial charge >= 0.3 is 0 Å². The van der Waals surface area contributed by atoms with Crippen LogP contribution in [0.15, 0.2) is 12.1 Å². The summed E-state index contributed by atoms with van der Waals surface area (Å²) in [6.45, 7) is 9.27. The zero-order valence-electron chi connectivity index (χ0n) is 15.5. The summed E-state index contributed by atoms with van der Waals surface area (Å²) < 4.78 is 12.3. The van der Waals surface area contributed by atoms with Crippen LogP contribution in [0.2, 0.25) is 0 Å². The van der Waals surface area contributed by atoms with Gasteiger partial charge < -0.3 is 9.47 Å². The number of methoxy groups -OCH3 is 1. The van der Waals surface area contributed by atoms with Gasteiger partial charge in [-0.2, -0.15) is 0 Å². The van der Waals surface area contributed by atoms with Crippen molar-refractivity contribution in [2.45, 2.75) is 71.6 Å². The summed E-state index contributed by atoms with van der Waals surface area (Å²) >= 11 is 2.46. The molecule has 2 nitrogen and oxygen atoms in total. The molecule has 0 aromatic heterocycles. The van der Waals surface area contributed by atoms with E-state index in [4.69, 9.17) is 9.47 Å². The summed E-state index contributed by atoms with van der Waals surface area (Å²) in [6, 6.07) is 4.69. The summed E-state index contributed by atoms with van der Waals surface area (Å²) in [5.41, 5.74) is 4.09. The Morgan fingerprint density at radius 2 is 1.48 bits per heavy atom. The molecule has 0 N–H and O–H groups in total. The first-order chi connectivity index (χ1) is 11.0. The Kier molecular flexibility index (Phi) is 10.2. The molecular formula is C20H33IO2. The summed E-state index contributed by atoms with van der Waals surface area (Å²) in [4.78, 5) is 0. The van der Waals surface area contributed by atoms with E-state index < -0.39 is 0 Å². The third kappa shape index (κ3) is 7.00. The molecule has 23 heavy (non-hydrogen) atoms. The number of hydrogen-bond donors (Lipinski definition) is 0. The maximum absolute atomic E-state index is 5.93. The Balaban J connectivity index is 2.95. The number of halogens is 1. The van der Waals surface area contributed by atoms with E-state index in [-0.39, 0.29) is 0 Å². The first-order valence-electron chi connectivity index (χ1n) is 8.85. The smallest absolute Gasteiger partial charge is 0.188 e. The Labute approximate surface area is 156 Å². The Hall–Kier alpha value is -0.290. The number of rotatable bonds is 11. The molecule has 0 heterocycles. The van der Waals surface area contributed by atoms with Gasteiger partial charge in [0.1, 0.15) is 5.75 Å².